The summed E-state index contributed by atoms with van der Waals surface area (Å²) < 4.78 is 28.3. The van der Waals surface area contributed by atoms with Crippen LogP contribution in [0.5, 0.6) is 0 Å². The number of esters is 1. The van der Waals surface area contributed by atoms with Gasteiger partial charge in [0, 0.05) is 11.8 Å². The van der Waals surface area contributed by atoms with E-state index in [9.17, 15) is 18.0 Å². The molecule has 2 rings (SSSR count). The first-order valence-electron chi connectivity index (χ1n) is 6.75. The number of benzene rings is 2. The maximum Gasteiger partial charge on any atom is 0.340 e. The Morgan fingerprint density at radius 3 is 2.29 bits per heavy atom. The highest BCUT2D eigenvalue weighted by Crippen LogP contribution is 2.24. The number of halogens is 1. The maximum absolute atomic E-state index is 12.3. The lowest BCUT2D eigenvalue weighted by molar-refractivity contribution is -0.127. The number of carbonyl (C=O) groups is 2. The largest absolute Gasteiger partial charge is 0.444 e. The van der Waals surface area contributed by atoms with Crippen molar-refractivity contribution in [1.29, 1.82) is 0 Å². The Morgan fingerprint density at radius 2 is 1.75 bits per heavy atom. The van der Waals surface area contributed by atoms with Crippen molar-refractivity contribution in [1.82, 2.24) is 0 Å². The summed E-state index contributed by atoms with van der Waals surface area (Å²) in [5.41, 5.74) is 5.52. The SMILES string of the molecule is CS(=O)(=O)c1ccc(Cl)c(C(=O)O[C@H](C(N)=O)c2ccccc2)c1. The van der Waals surface area contributed by atoms with Crippen molar-refractivity contribution in [3.05, 3.63) is 64.7 Å². The van der Waals surface area contributed by atoms with Gasteiger partial charge in [0.1, 0.15) is 0 Å². The van der Waals surface area contributed by atoms with Crippen molar-refractivity contribution >= 4 is 33.3 Å². The third-order valence-electron chi connectivity index (χ3n) is 3.17. The van der Waals surface area contributed by atoms with Gasteiger partial charge < -0.3 is 10.5 Å². The van der Waals surface area contributed by atoms with Gasteiger partial charge in [0.25, 0.3) is 5.91 Å². The van der Waals surface area contributed by atoms with E-state index in [2.05, 4.69) is 0 Å². The highest BCUT2D eigenvalue weighted by molar-refractivity contribution is 7.90. The molecule has 0 saturated heterocycles. The second-order valence-electron chi connectivity index (χ2n) is 5.01. The predicted molar refractivity (Wildman–Crippen MR) is 88.4 cm³/mol. The Labute approximate surface area is 144 Å². The topological polar surface area (TPSA) is 104 Å². The average Bonchev–Trinajstić information content (AvgIpc) is 2.52. The molecule has 0 aliphatic carbocycles. The summed E-state index contributed by atoms with van der Waals surface area (Å²) >= 11 is 5.94. The minimum Gasteiger partial charge on any atom is -0.444 e. The lowest BCUT2D eigenvalue weighted by Gasteiger charge is -2.15. The molecule has 0 radical (unpaired) electrons. The second-order valence-corrected chi connectivity index (χ2v) is 7.44. The first-order chi connectivity index (χ1) is 11.2. The fourth-order valence-electron chi connectivity index (χ4n) is 1.98. The molecule has 0 aliphatic heterocycles. The van der Waals surface area contributed by atoms with Crippen LogP contribution in [0.15, 0.2) is 53.4 Å². The highest BCUT2D eigenvalue weighted by atomic mass is 35.5. The van der Waals surface area contributed by atoms with Crippen LogP contribution in [0, 0.1) is 0 Å². The van der Waals surface area contributed by atoms with Gasteiger partial charge in [0.2, 0.25) is 6.10 Å². The Balaban J connectivity index is 2.36. The molecule has 0 unspecified atom stereocenters. The van der Waals surface area contributed by atoms with E-state index in [0.717, 1.165) is 12.3 Å². The minimum absolute atomic E-state index is 0.00341. The molecule has 8 heteroatoms. The lowest BCUT2D eigenvalue weighted by Crippen LogP contribution is -2.26. The Morgan fingerprint density at radius 1 is 1.12 bits per heavy atom. The fourth-order valence-corrected chi connectivity index (χ4v) is 2.82. The molecule has 0 fully saturated rings. The van der Waals surface area contributed by atoms with E-state index >= 15 is 0 Å². The number of nitrogens with two attached hydrogens (primary N) is 1. The summed E-state index contributed by atoms with van der Waals surface area (Å²) in [7, 11) is -3.53. The molecule has 1 amide bonds. The zero-order valence-electron chi connectivity index (χ0n) is 12.6. The molecule has 0 heterocycles. The Kier molecular flexibility index (Phi) is 5.26. The number of hydrogen-bond acceptors (Lipinski definition) is 5. The van der Waals surface area contributed by atoms with Crippen molar-refractivity contribution in [2.24, 2.45) is 5.73 Å². The van der Waals surface area contributed by atoms with Crippen molar-refractivity contribution < 1.29 is 22.7 Å². The molecule has 2 aromatic carbocycles. The molecule has 0 aromatic heterocycles. The van der Waals surface area contributed by atoms with Crippen LogP contribution in [0.3, 0.4) is 0 Å². The van der Waals surface area contributed by atoms with Gasteiger partial charge in [-0.05, 0) is 18.2 Å². The van der Waals surface area contributed by atoms with Crippen molar-refractivity contribution in [3.8, 4) is 0 Å². The lowest BCUT2D eigenvalue weighted by atomic mass is 10.1. The van der Waals surface area contributed by atoms with Gasteiger partial charge in [0.15, 0.2) is 9.84 Å². The zero-order valence-corrected chi connectivity index (χ0v) is 14.2. The number of amides is 1. The number of rotatable bonds is 5. The van der Waals surface area contributed by atoms with Gasteiger partial charge in [-0.15, -0.1) is 0 Å². The molecule has 126 valence electrons. The number of hydrogen-bond donors (Lipinski definition) is 1. The third-order valence-corrected chi connectivity index (χ3v) is 4.61. The molecule has 0 spiro atoms. The summed E-state index contributed by atoms with van der Waals surface area (Å²) in [5.74, 6) is -1.80. The quantitative estimate of drug-likeness (QED) is 0.815. The smallest absolute Gasteiger partial charge is 0.340 e. The molecule has 0 aliphatic rings. The summed E-state index contributed by atoms with van der Waals surface area (Å²) in [6, 6.07) is 11.9. The first-order valence-corrected chi connectivity index (χ1v) is 9.02. The first kappa shape index (κ1) is 18.0. The van der Waals surface area contributed by atoms with Crippen LogP contribution in [-0.2, 0) is 19.4 Å². The monoisotopic (exact) mass is 367 g/mol. The van der Waals surface area contributed by atoms with E-state index < -0.39 is 27.8 Å². The van der Waals surface area contributed by atoms with Gasteiger partial charge in [-0.25, -0.2) is 13.2 Å². The van der Waals surface area contributed by atoms with Gasteiger partial charge in [-0.2, -0.15) is 0 Å². The van der Waals surface area contributed by atoms with E-state index in [-0.39, 0.29) is 15.5 Å². The number of carbonyl (C=O) groups excluding carboxylic acids is 2. The standard InChI is InChI=1S/C16H14ClNO5S/c1-24(21,22)11-7-8-13(17)12(9-11)16(20)23-14(15(18)19)10-5-3-2-4-6-10/h2-9,14H,1H3,(H2,18,19)/t14-/m0/s1. The van der Waals surface area contributed by atoms with Gasteiger partial charge in [-0.3, -0.25) is 4.79 Å². The molecule has 2 N–H and O–H groups in total. The number of primary amides is 1. The molecule has 0 saturated carbocycles. The van der Waals surface area contributed by atoms with Crippen molar-refractivity contribution in [2.75, 3.05) is 6.26 Å². The minimum atomic E-state index is -3.53. The molecule has 0 bridgehead atoms. The van der Waals surface area contributed by atoms with Crippen LogP contribution >= 0.6 is 11.6 Å². The Bertz CT molecular complexity index is 881. The van der Waals surface area contributed by atoms with E-state index in [4.69, 9.17) is 22.1 Å². The molecular weight excluding hydrogens is 354 g/mol. The van der Waals surface area contributed by atoms with E-state index in [0.29, 0.717) is 5.56 Å². The molecule has 1 atom stereocenters. The molecule has 24 heavy (non-hydrogen) atoms. The highest BCUT2D eigenvalue weighted by Gasteiger charge is 2.25. The third kappa shape index (κ3) is 4.12. The van der Waals surface area contributed by atoms with Gasteiger partial charge >= 0.3 is 5.97 Å². The van der Waals surface area contributed by atoms with Crippen LogP contribution in [0.2, 0.25) is 5.02 Å². The summed E-state index contributed by atoms with van der Waals surface area (Å²) in [6.45, 7) is 0. The van der Waals surface area contributed by atoms with Crippen LogP contribution in [-0.4, -0.2) is 26.6 Å². The number of sulfone groups is 1. The van der Waals surface area contributed by atoms with Crippen LogP contribution < -0.4 is 5.73 Å². The van der Waals surface area contributed by atoms with Crippen LogP contribution in [0.1, 0.15) is 22.0 Å². The second kappa shape index (κ2) is 7.02. The van der Waals surface area contributed by atoms with Crippen LogP contribution in [0.25, 0.3) is 0 Å². The van der Waals surface area contributed by atoms with Crippen LogP contribution in [0.4, 0.5) is 0 Å². The fraction of sp³-hybridized carbons (Fsp3) is 0.125. The maximum atomic E-state index is 12.3. The van der Waals surface area contributed by atoms with E-state index in [1.165, 1.54) is 12.1 Å². The molecule has 6 nitrogen and oxygen atoms in total. The predicted octanol–water partition coefficient (Wildman–Crippen LogP) is 2.13. The van der Waals surface area contributed by atoms with Crippen molar-refractivity contribution in [2.45, 2.75) is 11.0 Å². The van der Waals surface area contributed by atoms with Crippen molar-refractivity contribution in [3.63, 3.8) is 0 Å². The summed E-state index contributed by atoms with van der Waals surface area (Å²) in [5, 5.41) is 0.00341. The van der Waals surface area contributed by atoms with E-state index in [1.54, 1.807) is 30.3 Å². The normalized spacial score (nSPS) is 12.4. The zero-order chi connectivity index (χ0) is 17.9. The molecule has 2 aromatic rings. The summed E-state index contributed by atoms with van der Waals surface area (Å²) in [4.78, 5) is 23.8. The van der Waals surface area contributed by atoms with Gasteiger partial charge in [-0.1, -0.05) is 41.9 Å². The van der Waals surface area contributed by atoms with E-state index in [1.807, 2.05) is 0 Å². The molecular formula is C16H14ClNO5S. The van der Waals surface area contributed by atoms with Gasteiger partial charge in [0.05, 0.1) is 15.5 Å². The average molecular weight is 368 g/mol. The number of ether oxygens (including phenoxy) is 1. The Hall–Kier alpha value is -2.38. The summed E-state index contributed by atoms with van der Waals surface area (Å²) in [6.07, 6.45) is -0.307.